The fourth-order valence-electron chi connectivity index (χ4n) is 2.13. The number of aryl methyl sites for hydroxylation is 3. The van der Waals surface area contributed by atoms with Crippen LogP contribution in [0, 0.1) is 26.6 Å². The van der Waals surface area contributed by atoms with Crippen molar-refractivity contribution in [3.05, 3.63) is 70.0 Å². The molecule has 0 saturated carbocycles. The highest BCUT2D eigenvalue weighted by atomic mass is 35.5. The summed E-state index contributed by atoms with van der Waals surface area (Å²) in [5.41, 5.74) is 5.13. The van der Waals surface area contributed by atoms with Gasteiger partial charge in [0.15, 0.2) is 0 Å². The van der Waals surface area contributed by atoms with Crippen LogP contribution in [0.1, 0.15) is 33.2 Å². The van der Waals surface area contributed by atoms with Crippen LogP contribution in [0.15, 0.2) is 36.4 Å². The van der Waals surface area contributed by atoms with Gasteiger partial charge in [-0.25, -0.2) is 4.39 Å². The van der Waals surface area contributed by atoms with E-state index in [0.29, 0.717) is 12.0 Å². The second-order valence-electron chi connectivity index (χ2n) is 5.12. The first kappa shape index (κ1) is 14.1. The molecule has 0 aliphatic heterocycles. The van der Waals surface area contributed by atoms with Gasteiger partial charge in [0, 0.05) is 5.56 Å². The Kier molecular flexibility index (Phi) is 4.26. The molecule has 0 bridgehead atoms. The Bertz CT molecular complexity index is 590. The normalized spacial score (nSPS) is 12.5. The largest absolute Gasteiger partial charge is 0.207 e. The number of hydrogen-bond acceptors (Lipinski definition) is 0. The zero-order valence-corrected chi connectivity index (χ0v) is 12.3. The van der Waals surface area contributed by atoms with E-state index in [-0.39, 0.29) is 11.2 Å². The first-order valence-electron chi connectivity index (χ1n) is 6.43. The Morgan fingerprint density at radius 3 is 2.37 bits per heavy atom. The second kappa shape index (κ2) is 5.75. The SMILES string of the molecule is Cc1ccc(C(Cl)Cc2ccc(C)c(C)c2)c(F)c1. The van der Waals surface area contributed by atoms with E-state index in [9.17, 15) is 4.39 Å². The van der Waals surface area contributed by atoms with E-state index in [0.717, 1.165) is 11.1 Å². The van der Waals surface area contributed by atoms with Gasteiger partial charge in [-0.1, -0.05) is 30.3 Å². The van der Waals surface area contributed by atoms with E-state index < -0.39 is 0 Å². The Hall–Kier alpha value is -1.34. The molecule has 0 fully saturated rings. The van der Waals surface area contributed by atoms with Crippen LogP contribution in [0.25, 0.3) is 0 Å². The Balaban J connectivity index is 2.20. The van der Waals surface area contributed by atoms with Gasteiger partial charge in [-0.3, -0.25) is 0 Å². The molecule has 0 aliphatic rings. The van der Waals surface area contributed by atoms with Crippen LogP contribution >= 0.6 is 11.6 Å². The molecular weight excluding hydrogens is 259 g/mol. The van der Waals surface area contributed by atoms with Crippen molar-refractivity contribution in [1.29, 1.82) is 0 Å². The fraction of sp³-hybridized carbons (Fsp3) is 0.294. The van der Waals surface area contributed by atoms with Crippen molar-refractivity contribution >= 4 is 11.6 Å². The van der Waals surface area contributed by atoms with E-state index >= 15 is 0 Å². The molecular formula is C17H18ClF. The van der Waals surface area contributed by atoms with Crippen LogP contribution in [0.3, 0.4) is 0 Å². The summed E-state index contributed by atoms with van der Waals surface area (Å²) in [7, 11) is 0. The predicted octanol–water partition coefficient (Wildman–Crippen LogP) is 5.27. The third-order valence-electron chi connectivity index (χ3n) is 3.48. The van der Waals surface area contributed by atoms with Crippen LogP contribution in [0.5, 0.6) is 0 Å². The van der Waals surface area contributed by atoms with Crippen LogP contribution in [0.2, 0.25) is 0 Å². The molecule has 0 amide bonds. The average Bonchev–Trinajstić information content (AvgIpc) is 2.33. The zero-order chi connectivity index (χ0) is 14.0. The Morgan fingerprint density at radius 1 is 1.00 bits per heavy atom. The molecule has 0 N–H and O–H groups in total. The second-order valence-corrected chi connectivity index (χ2v) is 5.64. The summed E-state index contributed by atoms with van der Waals surface area (Å²) in [5.74, 6) is -0.219. The Morgan fingerprint density at radius 2 is 1.74 bits per heavy atom. The molecule has 2 heteroatoms. The number of benzene rings is 2. The van der Waals surface area contributed by atoms with Crippen molar-refractivity contribution in [3.8, 4) is 0 Å². The molecule has 0 aromatic heterocycles. The molecule has 19 heavy (non-hydrogen) atoms. The molecule has 2 aromatic rings. The summed E-state index contributed by atoms with van der Waals surface area (Å²) in [6.45, 7) is 6.03. The maximum atomic E-state index is 13.9. The number of hydrogen-bond donors (Lipinski definition) is 0. The zero-order valence-electron chi connectivity index (χ0n) is 11.5. The van der Waals surface area contributed by atoms with Crippen molar-refractivity contribution in [3.63, 3.8) is 0 Å². The van der Waals surface area contributed by atoms with Crippen LogP contribution in [-0.2, 0) is 6.42 Å². The molecule has 0 nitrogen and oxygen atoms in total. The summed E-state index contributed by atoms with van der Waals surface area (Å²) < 4.78 is 13.9. The maximum Gasteiger partial charge on any atom is 0.128 e. The van der Waals surface area contributed by atoms with E-state index in [1.807, 2.05) is 13.0 Å². The standard InChI is InChI=1S/C17H18ClF/c1-11-4-7-15(17(19)8-11)16(18)10-14-6-5-12(2)13(3)9-14/h4-9,16H,10H2,1-3H3. The molecule has 0 spiro atoms. The van der Waals surface area contributed by atoms with E-state index in [1.165, 1.54) is 17.2 Å². The highest BCUT2D eigenvalue weighted by molar-refractivity contribution is 6.20. The smallest absolute Gasteiger partial charge is 0.128 e. The van der Waals surface area contributed by atoms with Crippen molar-refractivity contribution in [2.45, 2.75) is 32.6 Å². The maximum absolute atomic E-state index is 13.9. The lowest BCUT2D eigenvalue weighted by Crippen LogP contribution is -2.00. The van der Waals surface area contributed by atoms with E-state index in [2.05, 4.69) is 32.0 Å². The predicted molar refractivity (Wildman–Crippen MR) is 79.4 cm³/mol. The van der Waals surface area contributed by atoms with Gasteiger partial charge in [-0.2, -0.15) is 0 Å². The van der Waals surface area contributed by atoms with Gasteiger partial charge < -0.3 is 0 Å². The van der Waals surface area contributed by atoms with Crippen molar-refractivity contribution < 1.29 is 4.39 Å². The molecule has 0 radical (unpaired) electrons. The molecule has 2 rings (SSSR count). The average molecular weight is 277 g/mol. The summed E-state index contributed by atoms with van der Waals surface area (Å²) in [6, 6.07) is 11.5. The lowest BCUT2D eigenvalue weighted by atomic mass is 9.99. The minimum Gasteiger partial charge on any atom is -0.207 e. The fourth-order valence-corrected chi connectivity index (χ4v) is 2.49. The van der Waals surface area contributed by atoms with Gasteiger partial charge >= 0.3 is 0 Å². The van der Waals surface area contributed by atoms with Gasteiger partial charge in [-0.05, 0) is 55.5 Å². The molecule has 1 atom stereocenters. The van der Waals surface area contributed by atoms with Crippen molar-refractivity contribution in [1.82, 2.24) is 0 Å². The highest BCUT2D eigenvalue weighted by Crippen LogP contribution is 2.28. The van der Waals surface area contributed by atoms with Gasteiger partial charge in [0.2, 0.25) is 0 Å². The van der Waals surface area contributed by atoms with Gasteiger partial charge in [0.1, 0.15) is 5.82 Å². The third kappa shape index (κ3) is 3.36. The molecule has 0 aliphatic carbocycles. The lowest BCUT2D eigenvalue weighted by Gasteiger charge is -2.12. The minimum absolute atomic E-state index is 0.219. The number of rotatable bonds is 3. The van der Waals surface area contributed by atoms with Crippen LogP contribution in [-0.4, -0.2) is 0 Å². The van der Waals surface area contributed by atoms with Crippen LogP contribution in [0.4, 0.5) is 4.39 Å². The van der Waals surface area contributed by atoms with E-state index in [4.69, 9.17) is 11.6 Å². The summed E-state index contributed by atoms with van der Waals surface area (Å²) in [6.07, 6.45) is 0.642. The lowest BCUT2D eigenvalue weighted by molar-refractivity contribution is 0.604. The molecule has 0 saturated heterocycles. The third-order valence-corrected chi connectivity index (χ3v) is 3.87. The summed E-state index contributed by atoms with van der Waals surface area (Å²) >= 11 is 6.35. The number of alkyl halides is 1. The van der Waals surface area contributed by atoms with Gasteiger partial charge in [0.25, 0.3) is 0 Å². The minimum atomic E-state index is -0.331. The molecule has 100 valence electrons. The molecule has 0 heterocycles. The quantitative estimate of drug-likeness (QED) is 0.670. The highest BCUT2D eigenvalue weighted by Gasteiger charge is 2.14. The summed E-state index contributed by atoms with van der Waals surface area (Å²) in [5, 5.41) is -0.331. The monoisotopic (exact) mass is 276 g/mol. The van der Waals surface area contributed by atoms with Gasteiger partial charge in [0.05, 0.1) is 5.38 Å². The van der Waals surface area contributed by atoms with Crippen molar-refractivity contribution in [2.75, 3.05) is 0 Å². The van der Waals surface area contributed by atoms with Crippen LogP contribution < -0.4 is 0 Å². The van der Waals surface area contributed by atoms with E-state index in [1.54, 1.807) is 6.07 Å². The Labute approximate surface area is 119 Å². The summed E-state index contributed by atoms with van der Waals surface area (Å²) in [4.78, 5) is 0. The first-order valence-corrected chi connectivity index (χ1v) is 6.87. The van der Waals surface area contributed by atoms with Gasteiger partial charge in [-0.15, -0.1) is 11.6 Å². The topological polar surface area (TPSA) is 0 Å². The van der Waals surface area contributed by atoms with Crippen molar-refractivity contribution in [2.24, 2.45) is 0 Å². The first-order chi connectivity index (χ1) is 8.97. The molecule has 2 aromatic carbocycles. The number of halogens is 2. The molecule has 1 unspecified atom stereocenters.